The third kappa shape index (κ3) is 3.92. The summed E-state index contributed by atoms with van der Waals surface area (Å²) in [5.41, 5.74) is 1.59. The Bertz CT molecular complexity index is 963. The van der Waals surface area contributed by atoms with E-state index in [0.717, 1.165) is 22.9 Å². The van der Waals surface area contributed by atoms with Crippen molar-refractivity contribution in [2.75, 3.05) is 0 Å². The number of aromatic amines is 1. The second-order valence-electron chi connectivity index (χ2n) is 7.15. The molecule has 0 atom stereocenters. The molecule has 140 valence electrons. The maximum atomic E-state index is 13.3. The summed E-state index contributed by atoms with van der Waals surface area (Å²) in [6.45, 7) is 0. The number of nitrogens with zero attached hydrogens (tertiary/aromatic N) is 1. The molecule has 27 heavy (non-hydrogen) atoms. The van der Waals surface area contributed by atoms with E-state index >= 15 is 0 Å². The minimum absolute atomic E-state index is 0.181. The molecule has 0 bridgehead atoms. The van der Waals surface area contributed by atoms with E-state index in [4.69, 9.17) is 0 Å². The van der Waals surface area contributed by atoms with Gasteiger partial charge in [0.05, 0.1) is 16.6 Å². The van der Waals surface area contributed by atoms with Crippen molar-refractivity contribution in [1.82, 2.24) is 9.97 Å². The molecule has 0 radical (unpaired) electrons. The summed E-state index contributed by atoms with van der Waals surface area (Å²) >= 11 is 0. The minimum Gasteiger partial charge on any atom is -0.338 e. The topological polar surface area (TPSA) is 28.7 Å². The smallest absolute Gasteiger partial charge is 0.338 e. The molecule has 2 nitrogen and oxygen atoms in total. The fourth-order valence-electron chi connectivity index (χ4n) is 3.81. The van der Waals surface area contributed by atoms with E-state index in [1.165, 1.54) is 44.2 Å². The summed E-state index contributed by atoms with van der Waals surface area (Å²) in [6, 6.07) is 10.9. The number of H-pyrrole nitrogens is 1. The number of hydrogen-bond acceptors (Lipinski definition) is 1. The largest absolute Gasteiger partial charge is 0.417 e. The van der Waals surface area contributed by atoms with Crippen molar-refractivity contribution in [1.29, 1.82) is 0 Å². The number of benzene rings is 2. The second-order valence-corrected chi connectivity index (χ2v) is 7.15. The predicted molar refractivity (Wildman–Crippen MR) is 102 cm³/mol. The van der Waals surface area contributed by atoms with Gasteiger partial charge in [0.2, 0.25) is 0 Å². The summed E-state index contributed by atoms with van der Waals surface area (Å²) in [7, 11) is 0. The van der Waals surface area contributed by atoms with Gasteiger partial charge in [-0.05, 0) is 54.2 Å². The number of aromatic nitrogens is 2. The van der Waals surface area contributed by atoms with Crippen LogP contribution in [0.5, 0.6) is 0 Å². The molecule has 1 saturated carbocycles. The van der Waals surface area contributed by atoms with Gasteiger partial charge in [0, 0.05) is 0 Å². The molecule has 0 spiro atoms. The highest BCUT2D eigenvalue weighted by atomic mass is 19.4. The predicted octanol–water partition coefficient (Wildman–Crippen LogP) is 6.84. The molecule has 2 aromatic carbocycles. The van der Waals surface area contributed by atoms with Crippen LogP contribution in [0.25, 0.3) is 28.2 Å². The van der Waals surface area contributed by atoms with E-state index < -0.39 is 11.7 Å². The van der Waals surface area contributed by atoms with Crippen LogP contribution in [0.3, 0.4) is 0 Å². The minimum atomic E-state index is -4.38. The first kappa shape index (κ1) is 17.8. The molecule has 0 amide bonds. The molecule has 3 aromatic rings. The summed E-state index contributed by atoms with van der Waals surface area (Å²) in [4.78, 5) is 7.76. The lowest BCUT2D eigenvalue weighted by atomic mass is 9.89. The Morgan fingerprint density at radius 3 is 2.56 bits per heavy atom. The standard InChI is InChI=1S/C22H21F3N2/c23-22(24,25)18-9-5-4-8-17(18)16-11-12-19-20(14-16)27-21(26-19)13-10-15-6-2-1-3-7-15/h4-5,8-15H,1-3,6-7H2,(H,26,27)/b13-10+. The quantitative estimate of drug-likeness (QED) is 0.537. The average molecular weight is 370 g/mol. The molecule has 1 heterocycles. The Morgan fingerprint density at radius 1 is 1.00 bits per heavy atom. The van der Waals surface area contributed by atoms with Crippen molar-refractivity contribution in [2.24, 2.45) is 5.92 Å². The first-order chi connectivity index (χ1) is 13.0. The van der Waals surface area contributed by atoms with Crippen LogP contribution >= 0.6 is 0 Å². The van der Waals surface area contributed by atoms with Crippen LogP contribution in [0.2, 0.25) is 0 Å². The first-order valence-corrected chi connectivity index (χ1v) is 9.35. The highest BCUT2D eigenvalue weighted by Gasteiger charge is 2.33. The SMILES string of the molecule is FC(F)(F)c1ccccc1-c1ccc2nc(/C=C/C3CCCCC3)[nH]c2c1. The monoisotopic (exact) mass is 370 g/mol. The normalized spacial score (nSPS) is 16.4. The number of rotatable bonds is 3. The second kappa shape index (κ2) is 7.22. The fraction of sp³-hybridized carbons (Fsp3) is 0.318. The van der Waals surface area contributed by atoms with E-state index in [2.05, 4.69) is 16.0 Å². The van der Waals surface area contributed by atoms with Crippen LogP contribution in [0.1, 0.15) is 43.5 Å². The molecule has 5 heteroatoms. The van der Waals surface area contributed by atoms with Crippen molar-refractivity contribution in [3.63, 3.8) is 0 Å². The van der Waals surface area contributed by atoms with E-state index in [0.29, 0.717) is 11.5 Å². The van der Waals surface area contributed by atoms with Gasteiger partial charge in [-0.1, -0.05) is 49.6 Å². The molecule has 1 aliphatic carbocycles. The number of hydrogen-bond donors (Lipinski definition) is 1. The first-order valence-electron chi connectivity index (χ1n) is 9.35. The molecule has 1 aromatic heterocycles. The zero-order valence-electron chi connectivity index (χ0n) is 14.9. The Labute approximate surface area is 156 Å². The Kier molecular flexibility index (Phi) is 4.77. The molecule has 0 unspecified atom stereocenters. The van der Waals surface area contributed by atoms with Crippen LogP contribution in [0.15, 0.2) is 48.5 Å². The van der Waals surface area contributed by atoms with Crippen molar-refractivity contribution < 1.29 is 13.2 Å². The van der Waals surface area contributed by atoms with E-state index in [1.807, 2.05) is 6.08 Å². The zero-order valence-corrected chi connectivity index (χ0v) is 14.9. The molecule has 1 aliphatic rings. The van der Waals surface area contributed by atoms with Crippen molar-refractivity contribution in [3.8, 4) is 11.1 Å². The van der Waals surface area contributed by atoms with Crippen molar-refractivity contribution in [3.05, 3.63) is 59.9 Å². The van der Waals surface area contributed by atoms with Crippen LogP contribution in [-0.2, 0) is 6.18 Å². The number of imidazole rings is 1. The lowest BCUT2D eigenvalue weighted by Gasteiger charge is -2.17. The zero-order chi connectivity index (χ0) is 18.9. The summed E-state index contributed by atoms with van der Waals surface area (Å²) in [6.07, 6.45) is 6.12. The molecule has 0 aliphatic heterocycles. The number of halogens is 3. The fourth-order valence-corrected chi connectivity index (χ4v) is 3.81. The average Bonchev–Trinajstić information content (AvgIpc) is 3.08. The summed E-state index contributed by atoms with van der Waals surface area (Å²) in [5, 5.41) is 0. The van der Waals surface area contributed by atoms with Gasteiger partial charge in [0.1, 0.15) is 5.82 Å². The lowest BCUT2D eigenvalue weighted by molar-refractivity contribution is -0.137. The van der Waals surface area contributed by atoms with Gasteiger partial charge in [-0.15, -0.1) is 0 Å². The summed E-state index contributed by atoms with van der Waals surface area (Å²) < 4.78 is 39.9. The van der Waals surface area contributed by atoms with Gasteiger partial charge in [0.25, 0.3) is 0 Å². The number of fused-ring (bicyclic) bond motifs is 1. The molecule has 0 saturated heterocycles. The molecule has 4 rings (SSSR count). The highest BCUT2D eigenvalue weighted by Crippen LogP contribution is 2.37. The third-order valence-corrected chi connectivity index (χ3v) is 5.22. The van der Waals surface area contributed by atoms with Gasteiger partial charge in [0.15, 0.2) is 0 Å². The lowest BCUT2D eigenvalue weighted by Crippen LogP contribution is -2.06. The van der Waals surface area contributed by atoms with E-state index in [9.17, 15) is 13.2 Å². The van der Waals surface area contributed by atoms with Crippen LogP contribution in [0.4, 0.5) is 13.2 Å². The number of nitrogens with one attached hydrogen (secondary N) is 1. The third-order valence-electron chi connectivity index (χ3n) is 5.22. The van der Waals surface area contributed by atoms with E-state index in [1.54, 1.807) is 24.3 Å². The molecular formula is C22H21F3N2. The van der Waals surface area contributed by atoms with Gasteiger partial charge in [-0.3, -0.25) is 0 Å². The molecular weight excluding hydrogens is 349 g/mol. The van der Waals surface area contributed by atoms with Crippen LogP contribution < -0.4 is 0 Å². The van der Waals surface area contributed by atoms with Gasteiger partial charge in [-0.2, -0.15) is 13.2 Å². The highest BCUT2D eigenvalue weighted by molar-refractivity contribution is 5.83. The van der Waals surface area contributed by atoms with E-state index in [-0.39, 0.29) is 5.56 Å². The van der Waals surface area contributed by atoms with Gasteiger partial charge < -0.3 is 4.98 Å². The Hall–Kier alpha value is -2.56. The molecule has 1 N–H and O–H groups in total. The van der Waals surface area contributed by atoms with Crippen LogP contribution in [0, 0.1) is 5.92 Å². The molecule has 1 fully saturated rings. The summed E-state index contributed by atoms with van der Waals surface area (Å²) in [5.74, 6) is 1.35. The maximum Gasteiger partial charge on any atom is 0.417 e. The van der Waals surface area contributed by atoms with Crippen molar-refractivity contribution in [2.45, 2.75) is 38.3 Å². The number of allylic oxidation sites excluding steroid dienone is 1. The Morgan fingerprint density at radius 2 is 1.78 bits per heavy atom. The maximum absolute atomic E-state index is 13.3. The van der Waals surface area contributed by atoms with Gasteiger partial charge in [-0.25, -0.2) is 4.98 Å². The van der Waals surface area contributed by atoms with Gasteiger partial charge >= 0.3 is 6.18 Å². The number of alkyl halides is 3. The Balaban J connectivity index is 1.65. The van der Waals surface area contributed by atoms with Crippen LogP contribution in [-0.4, -0.2) is 9.97 Å². The van der Waals surface area contributed by atoms with Crippen molar-refractivity contribution >= 4 is 17.1 Å².